The third kappa shape index (κ3) is 2.59. The SMILES string of the molecule is [CH2-][NH2+]C/C(C)=C\[C@H]1CC[C@@]2(C)CCC[C@@H](C)[C@H]12. The molecule has 1 nitrogen and oxygen atoms in total. The average Bonchev–Trinajstić information content (AvgIpc) is 2.57. The Hall–Kier alpha value is -0.300. The van der Waals surface area contributed by atoms with E-state index in [1.54, 1.807) is 0 Å². The van der Waals surface area contributed by atoms with Crippen molar-refractivity contribution < 1.29 is 5.32 Å². The molecule has 2 saturated carbocycles. The van der Waals surface area contributed by atoms with Gasteiger partial charge in [-0.05, 0) is 54.9 Å². The van der Waals surface area contributed by atoms with E-state index in [0.29, 0.717) is 5.41 Å². The van der Waals surface area contributed by atoms with Crippen LogP contribution in [0.3, 0.4) is 0 Å². The number of fused-ring (bicyclic) bond motifs is 1. The molecule has 0 radical (unpaired) electrons. The second kappa shape index (κ2) is 5.14. The highest BCUT2D eigenvalue weighted by atomic mass is 14.8. The first kappa shape index (κ1) is 13.1. The van der Waals surface area contributed by atoms with E-state index in [4.69, 9.17) is 0 Å². The van der Waals surface area contributed by atoms with E-state index in [9.17, 15) is 0 Å². The van der Waals surface area contributed by atoms with Gasteiger partial charge in [0.1, 0.15) is 0 Å². The van der Waals surface area contributed by atoms with Crippen molar-refractivity contribution in [3.05, 3.63) is 18.7 Å². The molecule has 1 heteroatoms. The molecule has 2 rings (SSSR count). The van der Waals surface area contributed by atoms with E-state index in [0.717, 1.165) is 24.3 Å². The van der Waals surface area contributed by atoms with Gasteiger partial charge in [0.25, 0.3) is 0 Å². The summed E-state index contributed by atoms with van der Waals surface area (Å²) in [6, 6.07) is 0. The molecular weight excluding hydrogens is 206 g/mol. The van der Waals surface area contributed by atoms with Crippen LogP contribution in [0.25, 0.3) is 0 Å². The highest BCUT2D eigenvalue weighted by molar-refractivity contribution is 5.09. The molecule has 0 aromatic carbocycles. The molecule has 98 valence electrons. The summed E-state index contributed by atoms with van der Waals surface area (Å²) in [4.78, 5) is 0. The lowest BCUT2D eigenvalue weighted by Gasteiger charge is -2.42. The van der Waals surface area contributed by atoms with Crippen LogP contribution in [0.15, 0.2) is 11.6 Å². The minimum absolute atomic E-state index is 0.646. The van der Waals surface area contributed by atoms with Gasteiger partial charge in [-0.15, -0.1) is 0 Å². The molecule has 2 N–H and O–H groups in total. The average molecular weight is 235 g/mol. The second-order valence-electron chi connectivity index (χ2n) is 6.76. The fourth-order valence-electron chi connectivity index (χ4n) is 4.62. The molecule has 2 fully saturated rings. The van der Waals surface area contributed by atoms with Gasteiger partial charge in [-0.1, -0.05) is 32.8 Å². The molecular formula is C16H29N. The zero-order valence-corrected chi connectivity index (χ0v) is 11.8. The van der Waals surface area contributed by atoms with Crippen molar-refractivity contribution >= 4 is 0 Å². The first-order valence-corrected chi connectivity index (χ1v) is 7.35. The maximum Gasteiger partial charge on any atom is 0.0729 e. The molecule has 0 bridgehead atoms. The molecule has 0 heterocycles. The van der Waals surface area contributed by atoms with Gasteiger partial charge in [0.15, 0.2) is 0 Å². The van der Waals surface area contributed by atoms with Crippen LogP contribution in [-0.2, 0) is 0 Å². The summed E-state index contributed by atoms with van der Waals surface area (Å²) in [5, 5.41) is 2.03. The fourth-order valence-corrected chi connectivity index (χ4v) is 4.62. The number of hydrogen-bond acceptors (Lipinski definition) is 0. The van der Waals surface area contributed by atoms with Gasteiger partial charge in [-0.2, -0.15) is 7.05 Å². The normalized spacial score (nSPS) is 42.6. The standard InChI is InChI=1S/C16H29N/c1-12(11-17-4)10-14-7-9-16(3)8-5-6-13(2)15(14)16/h10,13-15H,4-9,11,17H2,1-3H3/b12-10-/t13-,14-,15-,16-/m1/s1. The van der Waals surface area contributed by atoms with E-state index < -0.39 is 0 Å². The largest absolute Gasteiger partial charge is 0.475 e. The Morgan fingerprint density at radius 1 is 1.41 bits per heavy atom. The first-order chi connectivity index (χ1) is 8.07. The monoisotopic (exact) mass is 235 g/mol. The number of nitrogens with two attached hydrogens (primary N) is 1. The maximum absolute atomic E-state index is 3.84. The number of rotatable bonds is 3. The highest BCUT2D eigenvalue weighted by Gasteiger charge is 2.48. The van der Waals surface area contributed by atoms with Gasteiger partial charge in [-0.25, -0.2) is 0 Å². The first-order valence-electron chi connectivity index (χ1n) is 7.35. The molecule has 0 aromatic heterocycles. The predicted molar refractivity (Wildman–Crippen MR) is 73.2 cm³/mol. The molecule has 2 aliphatic rings. The molecule has 2 aliphatic carbocycles. The quantitative estimate of drug-likeness (QED) is 0.572. The lowest BCUT2D eigenvalue weighted by Crippen LogP contribution is -2.77. The number of hydrogen-bond donors (Lipinski definition) is 1. The third-order valence-electron chi connectivity index (χ3n) is 5.30. The van der Waals surface area contributed by atoms with Gasteiger partial charge in [-0.3, -0.25) is 0 Å². The Morgan fingerprint density at radius 2 is 2.18 bits per heavy atom. The third-order valence-corrected chi connectivity index (χ3v) is 5.30. The van der Waals surface area contributed by atoms with Crippen LogP contribution < -0.4 is 5.32 Å². The highest BCUT2D eigenvalue weighted by Crippen LogP contribution is 2.57. The van der Waals surface area contributed by atoms with Crippen LogP contribution in [0.1, 0.15) is 52.9 Å². The van der Waals surface area contributed by atoms with Crippen LogP contribution in [0, 0.1) is 30.2 Å². The van der Waals surface area contributed by atoms with Crippen LogP contribution >= 0.6 is 0 Å². The fraction of sp³-hybridized carbons (Fsp3) is 0.812. The summed E-state index contributed by atoms with van der Waals surface area (Å²) < 4.78 is 0. The number of quaternary nitrogens is 1. The summed E-state index contributed by atoms with van der Waals surface area (Å²) in [5.74, 6) is 2.71. The van der Waals surface area contributed by atoms with Crippen molar-refractivity contribution in [1.82, 2.24) is 0 Å². The molecule has 0 unspecified atom stereocenters. The summed E-state index contributed by atoms with van der Waals surface area (Å²) in [5.41, 5.74) is 2.17. The molecule has 4 atom stereocenters. The lowest BCUT2D eigenvalue weighted by molar-refractivity contribution is -0.587. The molecule has 0 aromatic rings. The zero-order valence-electron chi connectivity index (χ0n) is 11.8. The number of allylic oxidation sites excluding steroid dienone is 1. The van der Waals surface area contributed by atoms with Gasteiger partial charge in [0.05, 0.1) is 6.54 Å². The Morgan fingerprint density at radius 3 is 2.88 bits per heavy atom. The smallest absolute Gasteiger partial charge is 0.0729 e. The zero-order chi connectivity index (χ0) is 12.5. The van der Waals surface area contributed by atoms with Crippen molar-refractivity contribution in [3.63, 3.8) is 0 Å². The van der Waals surface area contributed by atoms with Crippen molar-refractivity contribution in [2.45, 2.75) is 52.9 Å². The summed E-state index contributed by atoms with van der Waals surface area (Å²) >= 11 is 0. The van der Waals surface area contributed by atoms with Crippen LogP contribution in [0.5, 0.6) is 0 Å². The van der Waals surface area contributed by atoms with Crippen molar-refractivity contribution in [3.8, 4) is 0 Å². The van der Waals surface area contributed by atoms with Crippen molar-refractivity contribution in [1.29, 1.82) is 0 Å². The topological polar surface area (TPSA) is 16.6 Å². The maximum atomic E-state index is 3.84. The van der Waals surface area contributed by atoms with E-state index in [2.05, 4.69) is 33.9 Å². The minimum Gasteiger partial charge on any atom is -0.475 e. The Bertz CT molecular complexity index is 294. The van der Waals surface area contributed by atoms with Crippen LogP contribution in [0.4, 0.5) is 0 Å². The molecule has 0 amide bonds. The Balaban J connectivity index is 2.12. The van der Waals surface area contributed by atoms with E-state index in [-0.39, 0.29) is 0 Å². The Labute approximate surface area is 107 Å². The lowest BCUT2D eigenvalue weighted by atomic mass is 9.63. The van der Waals surface area contributed by atoms with Gasteiger partial charge in [0, 0.05) is 0 Å². The van der Waals surface area contributed by atoms with Crippen LogP contribution in [-0.4, -0.2) is 6.54 Å². The van der Waals surface area contributed by atoms with Crippen LogP contribution in [0.2, 0.25) is 0 Å². The van der Waals surface area contributed by atoms with Gasteiger partial charge in [0.2, 0.25) is 0 Å². The summed E-state index contributed by atoms with van der Waals surface area (Å²) in [6.45, 7) is 8.36. The van der Waals surface area contributed by atoms with E-state index in [1.165, 1.54) is 37.7 Å². The molecule has 0 aliphatic heterocycles. The van der Waals surface area contributed by atoms with E-state index in [1.807, 2.05) is 5.32 Å². The Kier molecular flexibility index (Phi) is 3.97. The summed E-state index contributed by atoms with van der Waals surface area (Å²) in [6.07, 6.45) is 9.80. The van der Waals surface area contributed by atoms with Gasteiger partial charge < -0.3 is 5.32 Å². The molecule has 0 spiro atoms. The molecule has 0 saturated heterocycles. The predicted octanol–water partition coefficient (Wildman–Crippen LogP) is 3.14. The van der Waals surface area contributed by atoms with Crippen molar-refractivity contribution in [2.75, 3.05) is 6.54 Å². The second-order valence-corrected chi connectivity index (χ2v) is 6.76. The minimum atomic E-state index is 0.646. The van der Waals surface area contributed by atoms with E-state index >= 15 is 0 Å². The molecule has 17 heavy (non-hydrogen) atoms. The van der Waals surface area contributed by atoms with Crippen molar-refractivity contribution in [2.24, 2.45) is 23.2 Å². The van der Waals surface area contributed by atoms with Gasteiger partial charge >= 0.3 is 0 Å². The summed E-state index contributed by atoms with van der Waals surface area (Å²) in [7, 11) is 3.84.